The van der Waals surface area contributed by atoms with E-state index in [-0.39, 0.29) is 5.39 Å². The van der Waals surface area contributed by atoms with Gasteiger partial charge in [-0.05, 0) is 6.07 Å². The van der Waals surface area contributed by atoms with Crippen LogP contribution in [0.4, 0.5) is 13.2 Å². The van der Waals surface area contributed by atoms with Gasteiger partial charge in [-0.3, -0.25) is 0 Å². The van der Waals surface area contributed by atoms with Crippen LogP contribution < -0.4 is 0 Å². The number of benzene rings is 1. The molecule has 1 aromatic heterocycles. The summed E-state index contributed by atoms with van der Waals surface area (Å²) in [4.78, 5) is 10.1. The van der Waals surface area contributed by atoms with Crippen molar-refractivity contribution in [3.63, 3.8) is 0 Å². The zero-order valence-corrected chi connectivity index (χ0v) is 8.52. The molecule has 1 heterocycles. The molecule has 2 rings (SSSR count). The Balaban J connectivity index is 2.85. The minimum absolute atomic E-state index is 0.0580. The van der Waals surface area contributed by atoms with E-state index in [9.17, 15) is 18.0 Å². The van der Waals surface area contributed by atoms with Crippen molar-refractivity contribution in [2.75, 3.05) is 0 Å². The molecule has 0 unspecified atom stereocenters. The number of rotatable bonds is 1. The second-order valence-electron chi connectivity index (χ2n) is 3.11. The van der Waals surface area contributed by atoms with Gasteiger partial charge in [0.05, 0.1) is 5.56 Å². The van der Waals surface area contributed by atoms with Gasteiger partial charge in [-0.25, -0.2) is 4.79 Å². The molecule has 16 heavy (non-hydrogen) atoms. The van der Waals surface area contributed by atoms with Crippen LogP contribution in [0.15, 0.2) is 24.3 Å². The van der Waals surface area contributed by atoms with Crippen LogP contribution in [-0.4, -0.2) is 11.1 Å². The first-order chi connectivity index (χ1) is 7.41. The van der Waals surface area contributed by atoms with E-state index in [1.54, 1.807) is 6.07 Å². The SMILES string of the molecule is O=C(O)c1sc2ccccc2c1C(F)(F)F. The molecule has 0 fully saturated rings. The number of alkyl halides is 3. The Labute approximate surface area is 91.9 Å². The molecule has 2 nitrogen and oxygen atoms in total. The molecule has 0 aliphatic rings. The van der Waals surface area contributed by atoms with Crippen LogP contribution in [0, 0.1) is 0 Å². The monoisotopic (exact) mass is 246 g/mol. The first-order valence-electron chi connectivity index (χ1n) is 4.23. The van der Waals surface area contributed by atoms with Crippen molar-refractivity contribution in [3.8, 4) is 0 Å². The topological polar surface area (TPSA) is 37.3 Å². The molecule has 1 aromatic carbocycles. The molecule has 0 atom stereocenters. The Bertz CT molecular complexity index is 557. The minimum Gasteiger partial charge on any atom is -0.477 e. The van der Waals surface area contributed by atoms with Gasteiger partial charge in [0.1, 0.15) is 4.88 Å². The lowest BCUT2D eigenvalue weighted by Gasteiger charge is -2.06. The second kappa shape index (κ2) is 3.48. The number of fused-ring (bicyclic) bond motifs is 1. The number of thiophene rings is 1. The van der Waals surface area contributed by atoms with Gasteiger partial charge >= 0.3 is 12.1 Å². The van der Waals surface area contributed by atoms with Crippen molar-refractivity contribution < 1.29 is 23.1 Å². The zero-order chi connectivity index (χ0) is 11.9. The molecule has 0 saturated carbocycles. The second-order valence-corrected chi connectivity index (χ2v) is 4.16. The minimum atomic E-state index is -4.65. The maximum absolute atomic E-state index is 12.7. The summed E-state index contributed by atoms with van der Waals surface area (Å²) in [6.45, 7) is 0. The van der Waals surface area contributed by atoms with Gasteiger partial charge in [0.2, 0.25) is 0 Å². The molecule has 0 aliphatic carbocycles. The first kappa shape index (κ1) is 10.9. The highest BCUT2D eigenvalue weighted by Crippen LogP contribution is 2.41. The normalized spacial score (nSPS) is 11.9. The highest BCUT2D eigenvalue weighted by atomic mass is 32.1. The van der Waals surface area contributed by atoms with E-state index in [4.69, 9.17) is 5.11 Å². The largest absolute Gasteiger partial charge is 0.477 e. The molecule has 0 amide bonds. The summed E-state index contributed by atoms with van der Waals surface area (Å²) in [7, 11) is 0. The summed E-state index contributed by atoms with van der Waals surface area (Å²) in [5, 5.41) is 8.68. The summed E-state index contributed by atoms with van der Waals surface area (Å²) in [6, 6.07) is 5.78. The summed E-state index contributed by atoms with van der Waals surface area (Å²) in [5.74, 6) is -1.55. The average molecular weight is 246 g/mol. The first-order valence-corrected chi connectivity index (χ1v) is 5.05. The van der Waals surface area contributed by atoms with Gasteiger partial charge in [0, 0.05) is 10.1 Å². The number of carboxylic acids is 1. The van der Waals surface area contributed by atoms with Crippen LogP contribution in [0.25, 0.3) is 10.1 Å². The van der Waals surface area contributed by atoms with Crippen molar-refractivity contribution in [2.24, 2.45) is 0 Å². The highest BCUT2D eigenvalue weighted by Gasteiger charge is 2.39. The molecule has 84 valence electrons. The maximum Gasteiger partial charge on any atom is 0.418 e. The lowest BCUT2D eigenvalue weighted by Crippen LogP contribution is -2.09. The third kappa shape index (κ3) is 1.65. The van der Waals surface area contributed by atoms with Gasteiger partial charge in [-0.1, -0.05) is 18.2 Å². The van der Waals surface area contributed by atoms with Gasteiger partial charge in [-0.2, -0.15) is 13.2 Å². The van der Waals surface area contributed by atoms with Crippen molar-refractivity contribution in [1.82, 2.24) is 0 Å². The number of halogens is 3. The maximum atomic E-state index is 12.7. The lowest BCUT2D eigenvalue weighted by molar-refractivity contribution is -0.136. The number of hydrogen-bond donors (Lipinski definition) is 1. The summed E-state index contributed by atoms with van der Waals surface area (Å²) in [5.41, 5.74) is -1.06. The molecule has 0 spiro atoms. The molecule has 1 N–H and O–H groups in total. The van der Waals surface area contributed by atoms with Crippen LogP contribution in [0.3, 0.4) is 0 Å². The molecule has 6 heteroatoms. The van der Waals surface area contributed by atoms with Gasteiger partial charge < -0.3 is 5.11 Å². The molecular weight excluding hydrogens is 241 g/mol. The Morgan fingerprint density at radius 3 is 2.44 bits per heavy atom. The quantitative estimate of drug-likeness (QED) is 0.834. The van der Waals surface area contributed by atoms with Crippen molar-refractivity contribution in [3.05, 3.63) is 34.7 Å². The predicted molar refractivity (Wildman–Crippen MR) is 53.8 cm³/mol. The average Bonchev–Trinajstić information content (AvgIpc) is 2.55. The van der Waals surface area contributed by atoms with E-state index >= 15 is 0 Å². The van der Waals surface area contributed by atoms with Crippen LogP contribution in [0.5, 0.6) is 0 Å². The van der Waals surface area contributed by atoms with Crippen LogP contribution in [0.2, 0.25) is 0 Å². The molecule has 0 radical (unpaired) electrons. The van der Waals surface area contributed by atoms with Gasteiger partial charge in [-0.15, -0.1) is 11.3 Å². The van der Waals surface area contributed by atoms with Gasteiger partial charge in [0.15, 0.2) is 0 Å². The molecule has 2 aromatic rings. The Morgan fingerprint density at radius 2 is 1.88 bits per heavy atom. The van der Waals surface area contributed by atoms with Gasteiger partial charge in [0.25, 0.3) is 0 Å². The summed E-state index contributed by atoms with van der Waals surface area (Å²) >= 11 is 0.639. The zero-order valence-electron chi connectivity index (χ0n) is 7.71. The standard InChI is InChI=1S/C10H5F3O2S/c11-10(12,13)7-5-3-1-2-4-6(5)16-8(7)9(14)15/h1-4H,(H,14,15). The fraction of sp³-hybridized carbons (Fsp3) is 0.100. The van der Waals surface area contributed by atoms with Crippen molar-refractivity contribution >= 4 is 27.4 Å². The Hall–Kier alpha value is -1.56. The summed E-state index contributed by atoms with van der Waals surface area (Å²) in [6.07, 6.45) is -4.65. The number of carboxylic acid groups (broad SMARTS) is 1. The van der Waals surface area contributed by atoms with E-state index < -0.39 is 22.6 Å². The fourth-order valence-electron chi connectivity index (χ4n) is 1.48. The molecule has 0 saturated heterocycles. The smallest absolute Gasteiger partial charge is 0.418 e. The predicted octanol–water partition coefficient (Wildman–Crippen LogP) is 3.62. The molecule has 0 bridgehead atoms. The van der Waals surface area contributed by atoms with E-state index in [1.807, 2.05) is 0 Å². The number of hydrogen-bond acceptors (Lipinski definition) is 2. The number of carbonyl (C=O) groups is 1. The lowest BCUT2D eigenvalue weighted by atomic mass is 10.1. The Kier molecular flexibility index (Phi) is 2.38. The van der Waals surface area contributed by atoms with E-state index in [2.05, 4.69) is 0 Å². The Morgan fingerprint density at radius 1 is 1.25 bits per heavy atom. The third-order valence-electron chi connectivity index (χ3n) is 2.07. The van der Waals surface area contributed by atoms with E-state index in [1.165, 1.54) is 18.2 Å². The van der Waals surface area contributed by atoms with Crippen LogP contribution in [0.1, 0.15) is 15.2 Å². The number of aromatic carboxylic acids is 1. The highest BCUT2D eigenvalue weighted by molar-refractivity contribution is 7.21. The molecule has 0 aliphatic heterocycles. The molecular formula is C10H5F3O2S. The summed E-state index contributed by atoms with van der Waals surface area (Å²) < 4.78 is 38.5. The van der Waals surface area contributed by atoms with Crippen molar-refractivity contribution in [1.29, 1.82) is 0 Å². The van der Waals surface area contributed by atoms with Crippen LogP contribution >= 0.6 is 11.3 Å². The third-order valence-corrected chi connectivity index (χ3v) is 3.23. The van der Waals surface area contributed by atoms with Crippen molar-refractivity contribution in [2.45, 2.75) is 6.18 Å². The van der Waals surface area contributed by atoms with Crippen LogP contribution in [-0.2, 0) is 6.18 Å². The fourth-order valence-corrected chi connectivity index (χ4v) is 2.54. The van der Waals surface area contributed by atoms with E-state index in [0.29, 0.717) is 16.0 Å². The van der Waals surface area contributed by atoms with E-state index in [0.717, 1.165) is 0 Å².